The van der Waals surface area contributed by atoms with E-state index in [0.717, 1.165) is 54.0 Å². The van der Waals surface area contributed by atoms with E-state index in [2.05, 4.69) is 81.1 Å². The summed E-state index contributed by atoms with van der Waals surface area (Å²) >= 11 is 6.81. The van der Waals surface area contributed by atoms with Crippen molar-refractivity contribution < 1.29 is 0 Å². The quantitative estimate of drug-likeness (QED) is 0.210. The molecule has 3 aromatic heterocycles. The molecular formula is C33H37ClN10. The lowest BCUT2D eigenvalue weighted by Crippen LogP contribution is -2.46. The van der Waals surface area contributed by atoms with Crippen LogP contribution in [0.15, 0.2) is 67.1 Å². The summed E-state index contributed by atoms with van der Waals surface area (Å²) in [6.45, 7) is 9.34. The average molecular weight is 609 g/mol. The summed E-state index contributed by atoms with van der Waals surface area (Å²) in [5, 5.41) is 31.9. The SMILES string of the molecule is Cn1ccc(CNc2c(C#N)cnc3c(Cl)cc(N[C@@H](c4ccccc4)c4cn(C5CCN(C(C)(C)C)CC5)nn4)cc23)n1. The van der Waals surface area contributed by atoms with Gasteiger partial charge in [-0.05, 0) is 57.4 Å². The number of hydrogen-bond donors (Lipinski definition) is 2. The Labute approximate surface area is 262 Å². The van der Waals surface area contributed by atoms with E-state index < -0.39 is 0 Å². The zero-order valence-corrected chi connectivity index (χ0v) is 26.3. The van der Waals surface area contributed by atoms with Gasteiger partial charge in [-0.15, -0.1) is 5.10 Å². The monoisotopic (exact) mass is 608 g/mol. The van der Waals surface area contributed by atoms with Crippen LogP contribution in [0.25, 0.3) is 10.9 Å². The van der Waals surface area contributed by atoms with Gasteiger partial charge in [0.2, 0.25) is 0 Å². The number of aryl methyl sites for hydroxylation is 1. The number of halogens is 1. The number of nitrogens with zero attached hydrogens (tertiary/aromatic N) is 8. The van der Waals surface area contributed by atoms with Gasteiger partial charge in [0.15, 0.2) is 0 Å². The van der Waals surface area contributed by atoms with Crippen molar-refractivity contribution >= 4 is 33.9 Å². The highest BCUT2D eigenvalue weighted by Crippen LogP contribution is 2.36. The third-order valence-corrected chi connectivity index (χ3v) is 8.60. The average Bonchev–Trinajstić information content (AvgIpc) is 3.68. The lowest BCUT2D eigenvalue weighted by Gasteiger charge is -2.40. The predicted molar refractivity (Wildman–Crippen MR) is 174 cm³/mol. The zero-order valence-electron chi connectivity index (χ0n) is 25.5. The Hall–Kier alpha value is -4.46. The van der Waals surface area contributed by atoms with E-state index in [1.807, 2.05) is 54.3 Å². The molecule has 0 bridgehead atoms. The van der Waals surface area contributed by atoms with Crippen molar-refractivity contribution in [3.8, 4) is 6.07 Å². The number of pyridine rings is 1. The van der Waals surface area contributed by atoms with Crippen molar-refractivity contribution in [2.45, 2.75) is 57.8 Å². The van der Waals surface area contributed by atoms with Gasteiger partial charge >= 0.3 is 0 Å². The summed E-state index contributed by atoms with van der Waals surface area (Å²) in [6, 6.07) is 18.3. The molecule has 1 atom stereocenters. The van der Waals surface area contributed by atoms with E-state index in [9.17, 15) is 5.26 Å². The lowest BCUT2D eigenvalue weighted by molar-refractivity contribution is 0.0866. The van der Waals surface area contributed by atoms with E-state index in [4.69, 9.17) is 11.6 Å². The van der Waals surface area contributed by atoms with Gasteiger partial charge in [0, 0.05) is 49.1 Å². The fourth-order valence-electron chi connectivity index (χ4n) is 5.90. The molecule has 1 saturated heterocycles. The molecule has 0 saturated carbocycles. The van der Waals surface area contributed by atoms with Crippen LogP contribution >= 0.6 is 11.6 Å². The molecule has 0 aliphatic carbocycles. The fraction of sp³-hybridized carbons (Fsp3) is 0.364. The van der Waals surface area contributed by atoms with Crippen LogP contribution in [0, 0.1) is 11.3 Å². The predicted octanol–water partition coefficient (Wildman–Crippen LogP) is 6.33. The van der Waals surface area contributed by atoms with Gasteiger partial charge in [0.1, 0.15) is 11.8 Å². The molecule has 6 rings (SSSR count). The molecule has 0 spiro atoms. The van der Waals surface area contributed by atoms with Crippen LogP contribution in [0.1, 0.15) is 68.2 Å². The number of likely N-dealkylation sites (tertiary alicyclic amines) is 1. The molecule has 0 amide bonds. The minimum atomic E-state index is -0.273. The van der Waals surface area contributed by atoms with Gasteiger partial charge in [-0.3, -0.25) is 14.6 Å². The van der Waals surface area contributed by atoms with E-state index in [-0.39, 0.29) is 11.6 Å². The van der Waals surface area contributed by atoms with Crippen molar-refractivity contribution in [1.82, 2.24) is 34.7 Å². The number of piperidine rings is 1. The van der Waals surface area contributed by atoms with Crippen molar-refractivity contribution in [2.24, 2.45) is 7.05 Å². The topological polar surface area (TPSA) is 113 Å². The molecule has 0 unspecified atom stereocenters. The molecule has 1 aliphatic rings. The van der Waals surface area contributed by atoms with Gasteiger partial charge < -0.3 is 10.6 Å². The van der Waals surface area contributed by atoms with Gasteiger partial charge in [0.05, 0.1) is 52.3 Å². The summed E-state index contributed by atoms with van der Waals surface area (Å²) < 4.78 is 3.78. The van der Waals surface area contributed by atoms with Crippen LogP contribution in [0.5, 0.6) is 0 Å². The molecule has 2 N–H and O–H groups in total. The largest absolute Gasteiger partial charge is 0.378 e. The van der Waals surface area contributed by atoms with Crippen molar-refractivity contribution in [1.29, 1.82) is 5.26 Å². The number of nitrogens with one attached hydrogen (secondary N) is 2. The van der Waals surface area contributed by atoms with Crippen molar-refractivity contribution in [3.05, 3.63) is 94.7 Å². The highest BCUT2D eigenvalue weighted by Gasteiger charge is 2.29. The van der Waals surface area contributed by atoms with Crippen LogP contribution in [-0.4, -0.2) is 53.3 Å². The Bertz CT molecular complexity index is 1790. The lowest BCUT2D eigenvalue weighted by atomic mass is 9.98. The second-order valence-corrected chi connectivity index (χ2v) is 12.8. The molecule has 11 heteroatoms. The van der Waals surface area contributed by atoms with Crippen LogP contribution in [-0.2, 0) is 13.6 Å². The molecule has 1 aliphatic heterocycles. The maximum atomic E-state index is 9.91. The van der Waals surface area contributed by atoms with Crippen molar-refractivity contribution in [3.63, 3.8) is 0 Å². The molecule has 2 aromatic carbocycles. The molecule has 0 radical (unpaired) electrons. The fourth-order valence-corrected chi connectivity index (χ4v) is 6.17. The van der Waals surface area contributed by atoms with Gasteiger partial charge in [-0.25, -0.2) is 4.68 Å². The van der Waals surface area contributed by atoms with Gasteiger partial charge in [0.25, 0.3) is 0 Å². The van der Waals surface area contributed by atoms with E-state index in [0.29, 0.717) is 34.4 Å². The molecule has 226 valence electrons. The van der Waals surface area contributed by atoms with Crippen LogP contribution < -0.4 is 10.6 Å². The van der Waals surface area contributed by atoms with E-state index >= 15 is 0 Å². The first-order chi connectivity index (χ1) is 21.2. The first-order valence-corrected chi connectivity index (χ1v) is 15.3. The Kier molecular flexibility index (Phi) is 8.25. The Balaban J connectivity index is 1.32. The highest BCUT2D eigenvalue weighted by atomic mass is 35.5. The summed E-state index contributed by atoms with van der Waals surface area (Å²) in [4.78, 5) is 7.05. The first kappa shape index (κ1) is 29.6. The number of anilines is 2. The Morgan fingerprint density at radius 2 is 1.89 bits per heavy atom. The van der Waals surface area contributed by atoms with E-state index in [1.165, 1.54) is 0 Å². The molecular weight excluding hydrogens is 572 g/mol. The highest BCUT2D eigenvalue weighted by molar-refractivity contribution is 6.35. The standard InChI is InChI=1S/C33H37ClN10/c1-33(2,3)43-14-11-26(12-15-43)44-21-29(39-41-44)31(22-8-6-5-7-9-22)38-25-16-27-30(37-20-24-10-13-42(4)40-24)23(18-35)19-36-32(27)28(34)17-25/h5-10,13,16-17,19,21,26,31,38H,11-12,14-15,20H2,1-4H3,(H,36,37)/t31-/m0/s1. The molecule has 10 nitrogen and oxygen atoms in total. The number of nitriles is 1. The van der Waals surface area contributed by atoms with Crippen LogP contribution in [0.4, 0.5) is 11.4 Å². The van der Waals surface area contributed by atoms with Crippen molar-refractivity contribution in [2.75, 3.05) is 23.7 Å². The van der Waals surface area contributed by atoms with Gasteiger partial charge in [-0.2, -0.15) is 10.4 Å². The molecule has 4 heterocycles. The molecule has 5 aromatic rings. The van der Waals surface area contributed by atoms with Gasteiger partial charge in [-0.1, -0.05) is 47.1 Å². The minimum absolute atomic E-state index is 0.166. The third-order valence-electron chi connectivity index (χ3n) is 8.32. The van der Waals surface area contributed by atoms with Crippen LogP contribution in [0.3, 0.4) is 0 Å². The number of aromatic nitrogens is 6. The Morgan fingerprint density at radius 1 is 1.11 bits per heavy atom. The first-order valence-electron chi connectivity index (χ1n) is 14.9. The maximum Gasteiger partial charge on any atom is 0.109 e. The molecule has 44 heavy (non-hydrogen) atoms. The number of fused-ring (bicyclic) bond motifs is 1. The maximum absolute atomic E-state index is 9.91. The number of benzene rings is 2. The zero-order chi connectivity index (χ0) is 30.8. The number of rotatable bonds is 8. The second kappa shape index (κ2) is 12.3. The third kappa shape index (κ3) is 6.25. The van der Waals surface area contributed by atoms with Crippen LogP contribution in [0.2, 0.25) is 5.02 Å². The normalized spacial score (nSPS) is 15.3. The smallest absolute Gasteiger partial charge is 0.109 e. The Morgan fingerprint density at radius 3 is 2.57 bits per heavy atom. The number of hydrogen-bond acceptors (Lipinski definition) is 8. The van der Waals surface area contributed by atoms with E-state index in [1.54, 1.807) is 10.9 Å². The molecule has 1 fully saturated rings. The summed E-state index contributed by atoms with van der Waals surface area (Å²) in [5.41, 5.74) is 5.39. The summed E-state index contributed by atoms with van der Waals surface area (Å²) in [6.07, 6.45) is 7.58. The summed E-state index contributed by atoms with van der Waals surface area (Å²) in [5.74, 6) is 0. The summed E-state index contributed by atoms with van der Waals surface area (Å²) in [7, 11) is 1.88. The minimum Gasteiger partial charge on any atom is -0.378 e. The second-order valence-electron chi connectivity index (χ2n) is 12.3.